The zero-order valence-corrected chi connectivity index (χ0v) is 11.9. The maximum atomic E-state index is 10.1. The first kappa shape index (κ1) is 13.2. The molecule has 1 aromatic heterocycles. The highest BCUT2D eigenvalue weighted by Gasteiger charge is 2.12. The van der Waals surface area contributed by atoms with E-state index in [-0.39, 0.29) is 0 Å². The highest BCUT2D eigenvalue weighted by atomic mass is 16.3. The molecule has 1 heterocycles. The number of rotatable bonds is 4. The van der Waals surface area contributed by atoms with Crippen LogP contribution in [0.1, 0.15) is 18.6 Å². The summed E-state index contributed by atoms with van der Waals surface area (Å²) in [5.74, 6) is 0. The summed E-state index contributed by atoms with van der Waals surface area (Å²) in [5, 5.41) is 15.6. The lowest BCUT2D eigenvalue weighted by Crippen LogP contribution is -2.16. The number of aryl methyl sites for hydroxylation is 1. The van der Waals surface area contributed by atoms with Gasteiger partial charge in [0.05, 0.1) is 6.10 Å². The van der Waals surface area contributed by atoms with Crippen LogP contribution in [-0.2, 0) is 6.54 Å². The van der Waals surface area contributed by atoms with E-state index in [1.165, 1.54) is 21.8 Å². The van der Waals surface area contributed by atoms with Crippen LogP contribution in [0.15, 0.2) is 42.5 Å². The average Bonchev–Trinajstić information content (AvgIpc) is 2.80. The highest BCUT2D eigenvalue weighted by Crippen LogP contribution is 2.30. The predicted molar refractivity (Wildman–Crippen MR) is 84.0 cm³/mol. The molecule has 0 aliphatic heterocycles. The number of hydrogen-bond acceptors (Lipinski definition) is 2. The van der Waals surface area contributed by atoms with Gasteiger partial charge < -0.3 is 15.0 Å². The lowest BCUT2D eigenvalue weighted by atomic mass is 10.1. The Kier molecular flexibility index (Phi) is 3.47. The van der Waals surface area contributed by atoms with Crippen LogP contribution in [0.25, 0.3) is 21.8 Å². The molecular weight excluding hydrogens is 248 g/mol. The average molecular weight is 268 g/mol. The van der Waals surface area contributed by atoms with Crippen molar-refractivity contribution in [2.75, 3.05) is 13.6 Å². The van der Waals surface area contributed by atoms with Gasteiger partial charge in [-0.1, -0.05) is 24.3 Å². The molecule has 0 saturated heterocycles. The van der Waals surface area contributed by atoms with Gasteiger partial charge in [-0.25, -0.2) is 0 Å². The molecule has 0 saturated carbocycles. The molecule has 3 rings (SSSR count). The van der Waals surface area contributed by atoms with Crippen molar-refractivity contribution in [3.05, 3.63) is 48.0 Å². The molecule has 104 valence electrons. The summed E-state index contributed by atoms with van der Waals surface area (Å²) in [6.07, 6.45) is -0.465. The molecular formula is C17H20N2O. The Labute approximate surface area is 118 Å². The summed E-state index contributed by atoms with van der Waals surface area (Å²) in [7, 11) is 1.85. The van der Waals surface area contributed by atoms with Crippen molar-refractivity contribution in [2.24, 2.45) is 0 Å². The van der Waals surface area contributed by atoms with Crippen LogP contribution in [0.3, 0.4) is 0 Å². The number of hydrogen-bond donors (Lipinski definition) is 2. The third-order valence-electron chi connectivity index (χ3n) is 3.89. The van der Waals surface area contributed by atoms with Crippen LogP contribution in [0.5, 0.6) is 0 Å². The Morgan fingerprint density at radius 3 is 2.60 bits per heavy atom. The Morgan fingerprint density at radius 2 is 1.85 bits per heavy atom. The SMILES string of the molecule is CCn1c2ccccc2c2cc(C(O)CNC)ccc21. The minimum absolute atomic E-state index is 0.465. The molecule has 0 bridgehead atoms. The molecule has 0 radical (unpaired) electrons. The fourth-order valence-electron chi connectivity index (χ4n) is 2.93. The Balaban J connectivity index is 2.26. The minimum Gasteiger partial charge on any atom is -0.387 e. The van der Waals surface area contributed by atoms with Gasteiger partial charge >= 0.3 is 0 Å². The largest absolute Gasteiger partial charge is 0.387 e. The smallest absolute Gasteiger partial charge is 0.0914 e. The predicted octanol–water partition coefficient (Wildman–Crippen LogP) is 3.07. The van der Waals surface area contributed by atoms with E-state index < -0.39 is 6.10 Å². The van der Waals surface area contributed by atoms with E-state index in [1.54, 1.807) is 0 Å². The third kappa shape index (κ3) is 1.99. The molecule has 0 amide bonds. The summed E-state index contributed by atoms with van der Waals surface area (Å²) < 4.78 is 2.32. The summed E-state index contributed by atoms with van der Waals surface area (Å²) in [6, 6.07) is 14.7. The van der Waals surface area contributed by atoms with E-state index >= 15 is 0 Å². The first-order valence-corrected chi connectivity index (χ1v) is 7.09. The molecule has 20 heavy (non-hydrogen) atoms. The van der Waals surface area contributed by atoms with Gasteiger partial charge in [0, 0.05) is 34.9 Å². The van der Waals surface area contributed by atoms with Gasteiger partial charge in [-0.15, -0.1) is 0 Å². The Bertz CT molecular complexity index is 745. The monoisotopic (exact) mass is 268 g/mol. The molecule has 3 heteroatoms. The molecule has 3 aromatic rings. The Morgan fingerprint density at radius 1 is 1.10 bits per heavy atom. The number of para-hydroxylation sites is 1. The molecule has 0 spiro atoms. The number of fused-ring (bicyclic) bond motifs is 3. The summed E-state index contributed by atoms with van der Waals surface area (Å²) >= 11 is 0. The molecule has 2 N–H and O–H groups in total. The van der Waals surface area contributed by atoms with Crippen molar-refractivity contribution in [2.45, 2.75) is 19.6 Å². The van der Waals surface area contributed by atoms with E-state index in [1.807, 2.05) is 13.1 Å². The van der Waals surface area contributed by atoms with Gasteiger partial charge in [0.15, 0.2) is 0 Å². The number of aliphatic hydroxyl groups is 1. The molecule has 1 atom stereocenters. The van der Waals surface area contributed by atoms with E-state index in [0.29, 0.717) is 6.54 Å². The van der Waals surface area contributed by atoms with E-state index in [2.05, 4.69) is 53.2 Å². The molecule has 0 aliphatic rings. The second-order valence-corrected chi connectivity index (χ2v) is 5.11. The zero-order chi connectivity index (χ0) is 14.1. The van der Waals surface area contributed by atoms with Gasteiger partial charge in [-0.05, 0) is 37.7 Å². The third-order valence-corrected chi connectivity index (χ3v) is 3.89. The minimum atomic E-state index is -0.465. The number of aliphatic hydroxyl groups excluding tert-OH is 1. The lowest BCUT2D eigenvalue weighted by molar-refractivity contribution is 0.178. The van der Waals surface area contributed by atoms with Crippen LogP contribution in [0.4, 0.5) is 0 Å². The lowest BCUT2D eigenvalue weighted by Gasteiger charge is -2.10. The van der Waals surface area contributed by atoms with Crippen molar-refractivity contribution in [1.29, 1.82) is 0 Å². The van der Waals surface area contributed by atoms with Gasteiger partial charge in [0.1, 0.15) is 0 Å². The van der Waals surface area contributed by atoms with Gasteiger partial charge in [-0.3, -0.25) is 0 Å². The summed E-state index contributed by atoms with van der Waals surface area (Å²) in [5.41, 5.74) is 3.45. The quantitative estimate of drug-likeness (QED) is 0.763. The molecule has 2 aromatic carbocycles. The van der Waals surface area contributed by atoms with Crippen molar-refractivity contribution < 1.29 is 5.11 Å². The van der Waals surface area contributed by atoms with Crippen molar-refractivity contribution in [3.63, 3.8) is 0 Å². The molecule has 0 aliphatic carbocycles. The van der Waals surface area contributed by atoms with Crippen LogP contribution in [0.2, 0.25) is 0 Å². The molecule has 3 nitrogen and oxygen atoms in total. The van der Waals surface area contributed by atoms with Crippen molar-refractivity contribution in [3.8, 4) is 0 Å². The van der Waals surface area contributed by atoms with Crippen LogP contribution in [-0.4, -0.2) is 23.3 Å². The number of aromatic nitrogens is 1. The fourth-order valence-corrected chi connectivity index (χ4v) is 2.93. The van der Waals surface area contributed by atoms with Gasteiger partial charge in [0.2, 0.25) is 0 Å². The second-order valence-electron chi connectivity index (χ2n) is 5.11. The number of benzene rings is 2. The topological polar surface area (TPSA) is 37.2 Å². The standard InChI is InChI=1S/C17H20N2O/c1-3-19-15-7-5-4-6-13(15)14-10-12(8-9-16(14)19)17(20)11-18-2/h4-10,17-18,20H,3,11H2,1-2H3. The zero-order valence-electron chi connectivity index (χ0n) is 11.9. The van der Waals surface area contributed by atoms with Crippen LogP contribution < -0.4 is 5.32 Å². The molecule has 0 fully saturated rings. The molecule has 1 unspecified atom stereocenters. The normalized spacial score (nSPS) is 13.2. The van der Waals surface area contributed by atoms with E-state index in [0.717, 1.165) is 12.1 Å². The van der Waals surface area contributed by atoms with E-state index in [4.69, 9.17) is 0 Å². The Hall–Kier alpha value is -1.84. The van der Waals surface area contributed by atoms with Gasteiger partial charge in [0.25, 0.3) is 0 Å². The summed E-state index contributed by atoms with van der Waals surface area (Å²) in [6.45, 7) is 3.68. The maximum absolute atomic E-state index is 10.1. The van der Waals surface area contributed by atoms with Crippen molar-refractivity contribution >= 4 is 21.8 Å². The fraction of sp³-hybridized carbons (Fsp3) is 0.294. The van der Waals surface area contributed by atoms with Crippen molar-refractivity contribution in [1.82, 2.24) is 9.88 Å². The number of likely N-dealkylation sites (N-methyl/N-ethyl adjacent to an activating group) is 1. The van der Waals surface area contributed by atoms with Crippen LogP contribution >= 0.6 is 0 Å². The first-order valence-electron chi connectivity index (χ1n) is 7.09. The van der Waals surface area contributed by atoms with Crippen LogP contribution in [0, 0.1) is 0 Å². The summed E-state index contributed by atoms with van der Waals surface area (Å²) in [4.78, 5) is 0. The van der Waals surface area contributed by atoms with Gasteiger partial charge in [-0.2, -0.15) is 0 Å². The number of nitrogens with zero attached hydrogens (tertiary/aromatic N) is 1. The maximum Gasteiger partial charge on any atom is 0.0914 e. The van der Waals surface area contributed by atoms with E-state index in [9.17, 15) is 5.11 Å². The number of nitrogens with one attached hydrogen (secondary N) is 1. The second kappa shape index (κ2) is 5.27. The first-order chi connectivity index (χ1) is 9.76. The highest BCUT2D eigenvalue weighted by molar-refractivity contribution is 6.08.